The lowest BCUT2D eigenvalue weighted by atomic mass is 10.0. The second-order valence-electron chi connectivity index (χ2n) is 6.54. The monoisotopic (exact) mass is 370 g/mol. The summed E-state index contributed by atoms with van der Waals surface area (Å²) in [4.78, 5) is 0. The Hall–Kier alpha value is -1.31. The first-order valence-corrected chi connectivity index (χ1v) is 10.4. The molecule has 2 rings (SSSR count). The summed E-state index contributed by atoms with van der Waals surface area (Å²) in [5, 5.41) is 3.63. The summed E-state index contributed by atoms with van der Waals surface area (Å²) in [5.41, 5.74) is 1.18. The minimum Gasteiger partial charge on any atom is -0.493 e. The smallest absolute Gasteiger partial charge is 0.213 e. The molecule has 1 unspecified atom stereocenters. The van der Waals surface area contributed by atoms with Crippen molar-refractivity contribution in [3.05, 3.63) is 23.8 Å². The van der Waals surface area contributed by atoms with Crippen molar-refractivity contribution in [1.82, 2.24) is 9.62 Å². The van der Waals surface area contributed by atoms with E-state index in [2.05, 4.69) is 18.3 Å². The molecule has 0 amide bonds. The first-order valence-electron chi connectivity index (χ1n) is 8.84. The molecule has 0 aromatic heterocycles. The number of ether oxygens (including phenoxy) is 2. The van der Waals surface area contributed by atoms with Gasteiger partial charge in [-0.2, -0.15) is 0 Å². The van der Waals surface area contributed by atoms with Crippen LogP contribution < -0.4 is 14.8 Å². The van der Waals surface area contributed by atoms with Crippen molar-refractivity contribution < 1.29 is 17.9 Å². The molecule has 1 aliphatic rings. The molecule has 1 aliphatic heterocycles. The summed E-state index contributed by atoms with van der Waals surface area (Å²) in [6.45, 7) is 5.07. The number of nitrogens with zero attached hydrogens (tertiary/aromatic N) is 1. The number of piperidine rings is 1. The first kappa shape index (κ1) is 20.0. The second-order valence-corrected chi connectivity index (χ2v) is 8.79. The van der Waals surface area contributed by atoms with E-state index < -0.39 is 10.0 Å². The lowest BCUT2D eigenvalue weighted by molar-refractivity contribution is 0.276. The van der Waals surface area contributed by atoms with E-state index in [1.54, 1.807) is 25.4 Å². The lowest BCUT2D eigenvalue weighted by Crippen LogP contribution is -2.47. The maximum absolute atomic E-state index is 11.9. The van der Waals surface area contributed by atoms with Crippen molar-refractivity contribution in [3.63, 3.8) is 0 Å². The van der Waals surface area contributed by atoms with Gasteiger partial charge in [0.25, 0.3) is 0 Å². The molecule has 0 saturated carbocycles. The molecule has 0 radical (unpaired) electrons. The fourth-order valence-corrected chi connectivity index (χ4v) is 4.44. The SMILES string of the molecule is CCS(=O)(=O)N1CCC(NC(C)Cc2ccc(OC)c(OC)c2)CC1. The summed E-state index contributed by atoms with van der Waals surface area (Å²) >= 11 is 0. The molecule has 1 N–H and O–H groups in total. The quantitative estimate of drug-likeness (QED) is 0.758. The zero-order valence-electron chi connectivity index (χ0n) is 15.6. The molecule has 1 saturated heterocycles. The van der Waals surface area contributed by atoms with Crippen LogP contribution in [0.15, 0.2) is 18.2 Å². The van der Waals surface area contributed by atoms with Crippen LogP contribution in [0.5, 0.6) is 11.5 Å². The van der Waals surface area contributed by atoms with Crippen LogP contribution >= 0.6 is 0 Å². The van der Waals surface area contributed by atoms with Crippen molar-refractivity contribution in [2.75, 3.05) is 33.1 Å². The van der Waals surface area contributed by atoms with E-state index in [-0.39, 0.29) is 5.75 Å². The third-order valence-corrected chi connectivity index (χ3v) is 6.60. The highest BCUT2D eigenvalue weighted by Gasteiger charge is 2.27. The van der Waals surface area contributed by atoms with Gasteiger partial charge in [0, 0.05) is 25.2 Å². The molecule has 25 heavy (non-hydrogen) atoms. The maximum atomic E-state index is 11.9. The van der Waals surface area contributed by atoms with E-state index in [9.17, 15) is 8.42 Å². The number of methoxy groups -OCH3 is 2. The normalized spacial score (nSPS) is 18.1. The van der Waals surface area contributed by atoms with E-state index in [1.165, 1.54) is 5.56 Å². The third kappa shape index (κ3) is 5.33. The Morgan fingerprint density at radius 1 is 1.20 bits per heavy atom. The minimum atomic E-state index is -3.06. The van der Waals surface area contributed by atoms with E-state index >= 15 is 0 Å². The van der Waals surface area contributed by atoms with Gasteiger partial charge >= 0.3 is 0 Å². The van der Waals surface area contributed by atoms with Crippen LogP contribution in [-0.4, -0.2) is 57.9 Å². The van der Waals surface area contributed by atoms with Crippen LogP contribution in [-0.2, 0) is 16.4 Å². The molecule has 7 heteroatoms. The fraction of sp³-hybridized carbons (Fsp3) is 0.667. The van der Waals surface area contributed by atoms with Crippen molar-refractivity contribution in [1.29, 1.82) is 0 Å². The molecule has 1 fully saturated rings. The molecular formula is C18H30N2O4S. The Morgan fingerprint density at radius 3 is 2.40 bits per heavy atom. The van der Waals surface area contributed by atoms with E-state index in [0.29, 0.717) is 25.2 Å². The van der Waals surface area contributed by atoms with Crippen molar-refractivity contribution in [2.45, 2.75) is 45.2 Å². The lowest BCUT2D eigenvalue weighted by Gasteiger charge is -2.33. The number of benzene rings is 1. The number of nitrogens with one attached hydrogen (secondary N) is 1. The minimum absolute atomic E-state index is 0.181. The Bertz CT molecular complexity index is 655. The van der Waals surface area contributed by atoms with Gasteiger partial charge < -0.3 is 14.8 Å². The largest absolute Gasteiger partial charge is 0.493 e. The Labute approximate surface area is 151 Å². The van der Waals surface area contributed by atoms with E-state index in [1.807, 2.05) is 12.1 Å². The number of hydrogen-bond donors (Lipinski definition) is 1. The molecule has 142 valence electrons. The summed E-state index contributed by atoms with van der Waals surface area (Å²) in [5.74, 6) is 1.66. The van der Waals surface area contributed by atoms with Crippen molar-refractivity contribution >= 4 is 10.0 Å². The first-order chi connectivity index (χ1) is 11.9. The van der Waals surface area contributed by atoms with Gasteiger partial charge in [-0.05, 0) is 50.8 Å². The molecule has 1 heterocycles. The summed E-state index contributed by atoms with van der Waals surface area (Å²) in [6.07, 6.45) is 2.60. The zero-order chi connectivity index (χ0) is 18.4. The van der Waals surface area contributed by atoms with Crippen LogP contribution in [0.3, 0.4) is 0 Å². The van der Waals surface area contributed by atoms with Gasteiger partial charge in [-0.1, -0.05) is 6.07 Å². The van der Waals surface area contributed by atoms with Crippen LogP contribution in [0.4, 0.5) is 0 Å². The van der Waals surface area contributed by atoms with Crippen LogP contribution in [0.25, 0.3) is 0 Å². The number of rotatable bonds is 8. The molecule has 0 bridgehead atoms. The van der Waals surface area contributed by atoms with Gasteiger partial charge in [-0.3, -0.25) is 0 Å². The zero-order valence-corrected chi connectivity index (χ0v) is 16.4. The molecule has 1 aromatic rings. The Morgan fingerprint density at radius 2 is 1.84 bits per heavy atom. The highest BCUT2D eigenvalue weighted by Crippen LogP contribution is 2.28. The van der Waals surface area contributed by atoms with Gasteiger partial charge in [0.05, 0.1) is 20.0 Å². The van der Waals surface area contributed by atoms with Crippen molar-refractivity contribution in [3.8, 4) is 11.5 Å². The summed E-state index contributed by atoms with van der Waals surface area (Å²) in [6, 6.07) is 6.65. The highest BCUT2D eigenvalue weighted by molar-refractivity contribution is 7.89. The predicted molar refractivity (Wildman–Crippen MR) is 99.9 cm³/mol. The van der Waals surface area contributed by atoms with Crippen LogP contribution in [0, 0.1) is 0 Å². The molecule has 6 nitrogen and oxygen atoms in total. The molecule has 1 aromatic carbocycles. The molecule has 0 aliphatic carbocycles. The highest BCUT2D eigenvalue weighted by atomic mass is 32.2. The fourth-order valence-electron chi connectivity index (χ4n) is 3.31. The van der Waals surface area contributed by atoms with E-state index in [4.69, 9.17) is 9.47 Å². The van der Waals surface area contributed by atoms with Gasteiger partial charge in [0.1, 0.15) is 0 Å². The summed E-state index contributed by atoms with van der Waals surface area (Å²) < 4.78 is 36.1. The summed E-state index contributed by atoms with van der Waals surface area (Å²) in [7, 11) is 0.216. The van der Waals surface area contributed by atoms with Crippen LogP contribution in [0.2, 0.25) is 0 Å². The van der Waals surface area contributed by atoms with Gasteiger partial charge in [-0.25, -0.2) is 12.7 Å². The molecular weight excluding hydrogens is 340 g/mol. The van der Waals surface area contributed by atoms with Crippen molar-refractivity contribution in [2.24, 2.45) is 0 Å². The Balaban J connectivity index is 1.86. The molecule has 1 atom stereocenters. The topological polar surface area (TPSA) is 67.9 Å². The maximum Gasteiger partial charge on any atom is 0.213 e. The van der Waals surface area contributed by atoms with Gasteiger partial charge in [0.15, 0.2) is 11.5 Å². The molecule has 0 spiro atoms. The standard InChI is InChI=1S/C18H30N2O4S/c1-5-25(21,22)20-10-8-16(9-11-20)19-14(2)12-15-6-7-17(23-3)18(13-15)24-4/h6-7,13-14,16,19H,5,8-12H2,1-4H3. The van der Waals surface area contributed by atoms with E-state index in [0.717, 1.165) is 30.8 Å². The predicted octanol–water partition coefficient (Wildman–Crippen LogP) is 2.04. The van der Waals surface area contributed by atoms with Gasteiger partial charge in [-0.15, -0.1) is 0 Å². The number of sulfonamides is 1. The van der Waals surface area contributed by atoms with Gasteiger partial charge in [0.2, 0.25) is 10.0 Å². The van der Waals surface area contributed by atoms with Crippen LogP contribution in [0.1, 0.15) is 32.3 Å². The average molecular weight is 371 g/mol. The average Bonchev–Trinajstić information content (AvgIpc) is 2.62. The second kappa shape index (κ2) is 8.87. The Kier molecular flexibility index (Phi) is 7.10. The number of hydrogen-bond acceptors (Lipinski definition) is 5. The third-order valence-electron chi connectivity index (χ3n) is 4.72.